The maximum Gasteiger partial charge on any atom is 0.422 e. The number of ether oxygens (including phenoxy) is 2. The summed E-state index contributed by atoms with van der Waals surface area (Å²) in [7, 11) is 0. The molecule has 2 nitrogen and oxygen atoms in total. The quantitative estimate of drug-likeness (QED) is 0.408. The first-order chi connectivity index (χ1) is 14.4. The largest absolute Gasteiger partial charge is 0.484 e. The summed E-state index contributed by atoms with van der Waals surface area (Å²) in [5, 5.41) is 0. The Hall–Kier alpha value is -2.29. The summed E-state index contributed by atoms with van der Waals surface area (Å²) in [5.41, 5.74) is -3.77. The summed E-state index contributed by atoms with van der Waals surface area (Å²) >= 11 is 0. The molecular weight excluding hydrogens is 429 g/mol. The van der Waals surface area contributed by atoms with E-state index >= 15 is 8.78 Å². The van der Waals surface area contributed by atoms with Crippen molar-refractivity contribution in [2.75, 3.05) is 13.2 Å². The molecule has 1 atom stereocenters. The van der Waals surface area contributed by atoms with Gasteiger partial charge in [-0.25, -0.2) is 17.6 Å². The van der Waals surface area contributed by atoms with Gasteiger partial charge in [-0.1, -0.05) is 12.1 Å². The summed E-state index contributed by atoms with van der Waals surface area (Å²) in [5.74, 6) is -5.11. The van der Waals surface area contributed by atoms with Crippen LogP contribution < -0.4 is 4.74 Å². The van der Waals surface area contributed by atoms with Crippen LogP contribution in [0.3, 0.4) is 0 Å². The number of halogens is 7. The minimum atomic E-state index is -4.45. The lowest BCUT2D eigenvalue weighted by atomic mass is 9.31. The molecule has 2 aromatic rings. The molecule has 1 unspecified atom stereocenters. The van der Waals surface area contributed by atoms with Crippen LogP contribution in [0.25, 0.3) is 0 Å². The number of benzene rings is 2. The highest BCUT2D eigenvalue weighted by atomic mass is 19.4. The Morgan fingerprint density at radius 3 is 2.06 bits per heavy atom. The van der Waals surface area contributed by atoms with Gasteiger partial charge in [-0.15, -0.1) is 0 Å². The molecule has 1 aliphatic heterocycles. The van der Waals surface area contributed by atoms with Crippen molar-refractivity contribution in [1.82, 2.24) is 0 Å². The topological polar surface area (TPSA) is 21.8 Å². The van der Waals surface area contributed by atoms with E-state index in [0.717, 1.165) is 23.8 Å². The third kappa shape index (κ3) is 2.88. The Labute approximate surface area is 173 Å². The molecule has 4 aliphatic rings. The standard InChI is InChI=1S/C22H17F7O2/c23-14-3-6-17(24)16(7-14)20(11-31-20)22(28,29)19-8-18(9-19,10-19)13-1-4-15(5-2-13)30-12-21(25,26)27/h1-7H,8-12H2. The zero-order valence-electron chi connectivity index (χ0n) is 16.0. The van der Waals surface area contributed by atoms with Crippen LogP contribution >= 0.6 is 0 Å². The minimum Gasteiger partial charge on any atom is -0.484 e. The SMILES string of the molecule is Fc1ccc(F)c(C2(C(F)(F)C34CC(c5ccc(OCC(F)(F)F)cc5)(C3)C4)CO2)c1. The maximum absolute atomic E-state index is 15.6. The maximum atomic E-state index is 15.6. The number of hydrogen-bond donors (Lipinski definition) is 0. The molecule has 2 bridgehead atoms. The van der Waals surface area contributed by atoms with E-state index in [4.69, 9.17) is 4.74 Å². The minimum absolute atomic E-state index is 0.0413. The van der Waals surface area contributed by atoms with Crippen LogP contribution in [-0.4, -0.2) is 25.3 Å². The van der Waals surface area contributed by atoms with Crippen molar-refractivity contribution in [3.05, 3.63) is 65.2 Å². The van der Waals surface area contributed by atoms with Crippen molar-refractivity contribution in [3.8, 4) is 5.75 Å². The molecule has 0 spiro atoms. The van der Waals surface area contributed by atoms with Crippen molar-refractivity contribution in [1.29, 1.82) is 0 Å². The third-order valence-corrected chi connectivity index (χ3v) is 6.87. The molecule has 0 N–H and O–H groups in total. The van der Waals surface area contributed by atoms with Crippen molar-refractivity contribution in [2.45, 2.75) is 42.4 Å². The van der Waals surface area contributed by atoms with E-state index in [1.807, 2.05) is 0 Å². The molecule has 4 fully saturated rings. The normalized spacial score (nSPS) is 31.6. The lowest BCUT2D eigenvalue weighted by Crippen LogP contribution is -2.74. The van der Waals surface area contributed by atoms with Gasteiger partial charge in [0.05, 0.1) is 6.61 Å². The van der Waals surface area contributed by atoms with E-state index in [-0.39, 0.29) is 31.6 Å². The highest BCUT2D eigenvalue weighted by Crippen LogP contribution is 2.81. The molecule has 3 aliphatic carbocycles. The highest BCUT2D eigenvalue weighted by Gasteiger charge is 2.85. The van der Waals surface area contributed by atoms with Crippen molar-refractivity contribution in [2.24, 2.45) is 5.41 Å². The average Bonchev–Trinajstić information content (AvgIpc) is 3.42. The summed E-state index contributed by atoms with van der Waals surface area (Å²) in [6.45, 7) is -1.80. The lowest BCUT2D eigenvalue weighted by Gasteiger charge is -2.73. The van der Waals surface area contributed by atoms with Gasteiger partial charge in [0.1, 0.15) is 17.4 Å². The van der Waals surface area contributed by atoms with Gasteiger partial charge in [0.2, 0.25) is 0 Å². The second kappa shape index (κ2) is 6.15. The van der Waals surface area contributed by atoms with Gasteiger partial charge in [0.15, 0.2) is 12.2 Å². The Kier molecular flexibility index (Phi) is 4.09. The number of rotatable bonds is 6. The predicted octanol–water partition coefficient (Wildman–Crippen LogP) is 5.89. The summed E-state index contributed by atoms with van der Waals surface area (Å²) in [6.07, 6.45) is -4.04. The van der Waals surface area contributed by atoms with E-state index in [9.17, 15) is 22.0 Å². The monoisotopic (exact) mass is 446 g/mol. The summed E-state index contributed by atoms with van der Waals surface area (Å²) < 4.78 is 105. The predicted molar refractivity (Wildman–Crippen MR) is 94.9 cm³/mol. The van der Waals surface area contributed by atoms with Gasteiger partial charge in [0, 0.05) is 11.0 Å². The second-order valence-electron chi connectivity index (χ2n) is 8.83. The Morgan fingerprint density at radius 2 is 1.52 bits per heavy atom. The van der Waals surface area contributed by atoms with E-state index < -0.39 is 52.3 Å². The zero-order chi connectivity index (χ0) is 22.3. The molecule has 3 saturated carbocycles. The molecular formula is C22H17F7O2. The molecule has 31 heavy (non-hydrogen) atoms. The van der Waals surface area contributed by atoms with Crippen molar-refractivity contribution < 1.29 is 40.2 Å². The van der Waals surface area contributed by atoms with Gasteiger partial charge in [-0.2, -0.15) is 13.2 Å². The molecule has 2 aromatic carbocycles. The summed E-state index contributed by atoms with van der Waals surface area (Å²) in [6, 6.07) is 8.39. The molecule has 9 heteroatoms. The Bertz CT molecular complexity index is 1010. The van der Waals surface area contributed by atoms with Crippen LogP contribution in [0.15, 0.2) is 42.5 Å². The van der Waals surface area contributed by atoms with Gasteiger partial charge in [0.25, 0.3) is 5.92 Å². The zero-order valence-corrected chi connectivity index (χ0v) is 16.0. The molecule has 0 radical (unpaired) electrons. The first-order valence-electron chi connectivity index (χ1n) is 9.70. The van der Waals surface area contributed by atoms with Crippen LogP contribution in [0.2, 0.25) is 0 Å². The van der Waals surface area contributed by atoms with E-state index in [0.29, 0.717) is 0 Å². The molecule has 1 heterocycles. The fraction of sp³-hybridized carbons (Fsp3) is 0.455. The Balaban J connectivity index is 1.32. The first-order valence-corrected chi connectivity index (χ1v) is 9.70. The van der Waals surface area contributed by atoms with Crippen molar-refractivity contribution in [3.63, 3.8) is 0 Å². The molecule has 0 amide bonds. The lowest BCUT2D eigenvalue weighted by molar-refractivity contribution is -0.306. The first kappa shape index (κ1) is 20.6. The van der Waals surface area contributed by atoms with Gasteiger partial charge in [-0.3, -0.25) is 0 Å². The average molecular weight is 446 g/mol. The van der Waals surface area contributed by atoms with Gasteiger partial charge in [-0.05, 0) is 60.6 Å². The fourth-order valence-corrected chi connectivity index (χ4v) is 5.31. The second-order valence-corrected chi connectivity index (χ2v) is 8.83. The molecule has 1 saturated heterocycles. The van der Waals surface area contributed by atoms with Crippen LogP contribution in [-0.2, 0) is 15.8 Å². The Morgan fingerprint density at radius 1 is 0.903 bits per heavy atom. The van der Waals surface area contributed by atoms with Crippen LogP contribution in [0.5, 0.6) is 5.75 Å². The number of hydrogen-bond acceptors (Lipinski definition) is 2. The third-order valence-electron chi connectivity index (χ3n) is 6.87. The van der Waals surface area contributed by atoms with Crippen LogP contribution in [0.1, 0.15) is 30.4 Å². The van der Waals surface area contributed by atoms with E-state index in [2.05, 4.69) is 4.74 Å². The van der Waals surface area contributed by atoms with Crippen LogP contribution in [0.4, 0.5) is 30.7 Å². The van der Waals surface area contributed by atoms with Crippen LogP contribution in [0, 0.1) is 17.0 Å². The van der Waals surface area contributed by atoms with Gasteiger partial charge < -0.3 is 9.47 Å². The number of alkyl halides is 5. The number of epoxide rings is 1. The molecule has 166 valence electrons. The summed E-state index contributed by atoms with van der Waals surface area (Å²) in [4.78, 5) is 0. The fourth-order valence-electron chi connectivity index (χ4n) is 5.31. The van der Waals surface area contributed by atoms with Crippen molar-refractivity contribution >= 4 is 0 Å². The smallest absolute Gasteiger partial charge is 0.422 e. The van der Waals surface area contributed by atoms with Gasteiger partial charge >= 0.3 is 6.18 Å². The highest BCUT2D eigenvalue weighted by molar-refractivity contribution is 5.45. The molecule has 0 aromatic heterocycles. The van der Waals surface area contributed by atoms with E-state index in [1.54, 1.807) is 12.1 Å². The molecule has 6 rings (SSSR count). The van der Waals surface area contributed by atoms with E-state index in [1.165, 1.54) is 12.1 Å².